The van der Waals surface area contributed by atoms with Gasteiger partial charge in [0.15, 0.2) is 12.2 Å². The minimum atomic E-state index is -4.97. The summed E-state index contributed by atoms with van der Waals surface area (Å²) in [5.74, 6) is -2.18. The van der Waals surface area contributed by atoms with Gasteiger partial charge < -0.3 is 33.8 Å². The van der Waals surface area contributed by atoms with E-state index in [1.165, 1.54) is 135 Å². The van der Waals surface area contributed by atoms with Gasteiger partial charge in [0, 0.05) is 25.7 Å². The van der Waals surface area contributed by atoms with Gasteiger partial charge in [-0.1, -0.05) is 300 Å². The van der Waals surface area contributed by atoms with E-state index in [9.17, 15) is 43.2 Å². The smallest absolute Gasteiger partial charge is 0.462 e. The summed E-state index contributed by atoms with van der Waals surface area (Å²) in [5.41, 5.74) is 0. The topological polar surface area (TPSA) is 237 Å². The first-order valence-electron chi connectivity index (χ1n) is 38.5. The van der Waals surface area contributed by atoms with Crippen LogP contribution in [0.5, 0.6) is 0 Å². The third-order valence-electron chi connectivity index (χ3n) is 16.5. The van der Waals surface area contributed by atoms with Gasteiger partial charge in [-0.15, -0.1) is 0 Å². The van der Waals surface area contributed by atoms with E-state index in [2.05, 4.69) is 88.5 Å². The second-order valence-corrected chi connectivity index (χ2v) is 28.8. The largest absolute Gasteiger partial charge is 0.472 e. The number of aliphatic hydroxyl groups is 1. The van der Waals surface area contributed by atoms with Gasteiger partial charge in [-0.3, -0.25) is 37.3 Å². The van der Waals surface area contributed by atoms with E-state index in [0.717, 1.165) is 135 Å². The molecule has 0 saturated heterocycles. The van der Waals surface area contributed by atoms with E-state index in [4.69, 9.17) is 37.0 Å². The maximum Gasteiger partial charge on any atom is 0.472 e. The molecule has 5 atom stereocenters. The van der Waals surface area contributed by atoms with Crippen LogP contribution in [-0.2, 0) is 65.4 Å². The van der Waals surface area contributed by atoms with Gasteiger partial charge in [0.05, 0.1) is 26.4 Å². The van der Waals surface area contributed by atoms with Gasteiger partial charge >= 0.3 is 39.5 Å². The lowest BCUT2D eigenvalue weighted by atomic mass is 10.0. The number of phosphoric acid groups is 2. The Morgan fingerprint density at radius 1 is 0.302 bits per heavy atom. The van der Waals surface area contributed by atoms with Crippen LogP contribution in [0.4, 0.5) is 0 Å². The van der Waals surface area contributed by atoms with E-state index in [0.29, 0.717) is 25.7 Å². The molecule has 96 heavy (non-hydrogen) atoms. The molecule has 0 spiro atoms. The Morgan fingerprint density at radius 3 is 0.875 bits per heavy atom. The van der Waals surface area contributed by atoms with Gasteiger partial charge in [-0.05, 0) is 83.5 Å². The van der Waals surface area contributed by atoms with Gasteiger partial charge in [-0.25, -0.2) is 9.13 Å². The van der Waals surface area contributed by atoms with Crippen LogP contribution in [0, 0.1) is 0 Å². The lowest BCUT2D eigenvalue weighted by Crippen LogP contribution is -2.30. The molecule has 0 aliphatic carbocycles. The van der Waals surface area contributed by atoms with Crippen LogP contribution in [0.1, 0.15) is 349 Å². The molecule has 0 aromatic heterocycles. The van der Waals surface area contributed by atoms with E-state index in [-0.39, 0.29) is 25.7 Å². The number of hydrogen-bond acceptors (Lipinski definition) is 15. The fourth-order valence-corrected chi connectivity index (χ4v) is 12.2. The molecule has 0 saturated carbocycles. The molecule has 19 heteroatoms. The molecule has 0 heterocycles. The van der Waals surface area contributed by atoms with Crippen LogP contribution in [-0.4, -0.2) is 96.7 Å². The molecule has 0 aromatic rings. The van der Waals surface area contributed by atoms with Gasteiger partial charge in [0.25, 0.3) is 0 Å². The maximum atomic E-state index is 13.1. The fraction of sp³-hybridized carbons (Fsp3) is 0.818. The number of phosphoric ester groups is 2. The van der Waals surface area contributed by atoms with Crippen molar-refractivity contribution in [2.45, 2.75) is 367 Å². The highest BCUT2D eigenvalue weighted by Gasteiger charge is 2.30. The number of hydrogen-bond donors (Lipinski definition) is 3. The second-order valence-electron chi connectivity index (χ2n) is 25.9. The zero-order chi connectivity index (χ0) is 70.4. The van der Waals surface area contributed by atoms with E-state index >= 15 is 0 Å². The van der Waals surface area contributed by atoms with Crippen molar-refractivity contribution in [3.8, 4) is 0 Å². The molecule has 0 aromatic carbocycles. The van der Waals surface area contributed by atoms with Crippen molar-refractivity contribution in [1.82, 2.24) is 0 Å². The quantitative estimate of drug-likeness (QED) is 0.0169. The van der Waals surface area contributed by atoms with Crippen molar-refractivity contribution < 1.29 is 80.2 Å². The number of aliphatic hydroxyl groups excluding tert-OH is 1. The molecule has 0 fully saturated rings. The predicted molar refractivity (Wildman–Crippen MR) is 390 cm³/mol. The number of allylic oxidation sites excluding steroid dienone is 10. The van der Waals surface area contributed by atoms with Gasteiger partial charge in [0.1, 0.15) is 19.3 Å². The summed E-state index contributed by atoms with van der Waals surface area (Å²) in [6.45, 7) is 4.74. The third kappa shape index (κ3) is 69.2. The lowest BCUT2D eigenvalue weighted by molar-refractivity contribution is -0.161. The Labute approximate surface area is 584 Å². The van der Waals surface area contributed by atoms with Crippen molar-refractivity contribution in [2.75, 3.05) is 39.6 Å². The maximum absolute atomic E-state index is 13.1. The van der Waals surface area contributed by atoms with E-state index in [1.54, 1.807) is 0 Å². The molecule has 17 nitrogen and oxygen atoms in total. The minimum Gasteiger partial charge on any atom is -0.462 e. The summed E-state index contributed by atoms with van der Waals surface area (Å²) >= 11 is 0. The highest BCUT2D eigenvalue weighted by molar-refractivity contribution is 7.47. The standard InChI is InChI=1S/C77H140O17P2/c1-5-9-13-17-21-25-29-32-34-35-37-40-43-46-50-54-58-62-75(80)87-67-72(93-76(81)63-59-55-51-47-41-28-24-20-16-12-8-4)69-91-95(83,84)89-65-71(78)66-90-96(85,86)92-70-73(94-77(82)64-60-56-52-48-44-38-31-27-23-19-15-11-7-3)68-88-74(79)61-57-53-49-45-42-39-36-33-30-26-22-18-14-10-6-2/h9,13,20-21,24-25,32,34,37,40,71-73,78H,5-8,10-12,14-19,22-23,26-31,33,35-36,38-39,41-70H2,1-4H3,(H,83,84)(H,85,86)/b13-9-,24-20-,25-21-,34-32-,40-37-. The van der Waals surface area contributed by atoms with E-state index < -0.39 is 97.5 Å². The normalized spacial score (nSPS) is 14.3. The molecule has 0 aliphatic heterocycles. The van der Waals surface area contributed by atoms with Crippen LogP contribution < -0.4 is 0 Å². The Morgan fingerprint density at radius 2 is 0.552 bits per heavy atom. The predicted octanol–water partition coefficient (Wildman–Crippen LogP) is 21.9. The van der Waals surface area contributed by atoms with Crippen molar-refractivity contribution in [3.05, 3.63) is 60.8 Å². The number of carbonyl (C=O) groups excluding carboxylic acids is 4. The lowest BCUT2D eigenvalue weighted by Gasteiger charge is -2.21. The number of unbranched alkanes of at least 4 members (excludes halogenated alkanes) is 37. The molecule has 0 rings (SSSR count). The summed E-state index contributed by atoms with van der Waals surface area (Å²) in [6, 6.07) is 0. The zero-order valence-electron chi connectivity index (χ0n) is 61.1. The summed E-state index contributed by atoms with van der Waals surface area (Å²) in [5, 5.41) is 10.6. The Hall–Kier alpha value is -3.24. The SMILES string of the molecule is CC/C=C\C/C=C\C/C=C\C/C=C\CCCCCCC(=O)OCC(COP(=O)(O)OCC(O)COP(=O)(O)OCC(COC(=O)CCCCCCCCCCCCCCCCC)OC(=O)CCCCCCCCCCCCCCC)OC(=O)CCCCCCC/C=C\CCCC. The minimum absolute atomic E-state index is 0.0819. The van der Waals surface area contributed by atoms with Crippen molar-refractivity contribution >= 4 is 39.5 Å². The monoisotopic (exact) mass is 1400 g/mol. The molecule has 3 N–H and O–H groups in total. The fourth-order valence-electron chi connectivity index (χ4n) is 10.6. The second kappa shape index (κ2) is 70.2. The van der Waals surface area contributed by atoms with Crippen LogP contribution in [0.2, 0.25) is 0 Å². The molecule has 0 bridgehead atoms. The molecule has 5 unspecified atom stereocenters. The first-order valence-corrected chi connectivity index (χ1v) is 41.5. The van der Waals surface area contributed by atoms with Gasteiger partial charge in [0.2, 0.25) is 0 Å². The first-order chi connectivity index (χ1) is 46.7. The van der Waals surface area contributed by atoms with Crippen LogP contribution in [0.3, 0.4) is 0 Å². The highest BCUT2D eigenvalue weighted by Crippen LogP contribution is 2.45. The molecule has 560 valence electrons. The van der Waals surface area contributed by atoms with Crippen molar-refractivity contribution in [2.24, 2.45) is 0 Å². The zero-order valence-corrected chi connectivity index (χ0v) is 62.8. The van der Waals surface area contributed by atoms with Crippen LogP contribution in [0.25, 0.3) is 0 Å². The molecule has 0 radical (unpaired) electrons. The number of ether oxygens (including phenoxy) is 4. The Balaban J connectivity index is 5.29. The highest BCUT2D eigenvalue weighted by atomic mass is 31.2. The third-order valence-corrected chi connectivity index (χ3v) is 18.4. The van der Waals surface area contributed by atoms with E-state index in [1.807, 2.05) is 0 Å². The summed E-state index contributed by atoms with van der Waals surface area (Å²) in [4.78, 5) is 72.8. The number of rotatable bonds is 73. The molecular formula is C77H140O17P2. The first kappa shape index (κ1) is 92.8. The average molecular weight is 1400 g/mol. The van der Waals surface area contributed by atoms with Crippen LogP contribution >= 0.6 is 15.6 Å². The Kier molecular flexibility index (Phi) is 67.8. The van der Waals surface area contributed by atoms with Crippen LogP contribution in [0.15, 0.2) is 60.8 Å². The van der Waals surface area contributed by atoms with Gasteiger partial charge in [-0.2, -0.15) is 0 Å². The summed E-state index contributed by atoms with van der Waals surface area (Å²) < 4.78 is 68.4. The number of carbonyl (C=O) groups is 4. The molecule has 0 amide bonds. The summed E-state index contributed by atoms with van der Waals surface area (Å²) in [6.07, 6.45) is 67.8. The number of esters is 4. The Bertz CT molecular complexity index is 2060. The molecular weight excluding hydrogens is 1260 g/mol. The molecule has 0 aliphatic rings. The van der Waals surface area contributed by atoms with Crippen molar-refractivity contribution in [3.63, 3.8) is 0 Å². The average Bonchev–Trinajstić information content (AvgIpc) is 1.13. The van der Waals surface area contributed by atoms with Crippen molar-refractivity contribution in [1.29, 1.82) is 0 Å². The summed E-state index contributed by atoms with van der Waals surface area (Å²) in [7, 11) is -9.94.